The van der Waals surface area contributed by atoms with Crippen molar-refractivity contribution in [3.8, 4) is 11.3 Å². The lowest BCUT2D eigenvalue weighted by atomic mass is 9.95. The molecular weight excluding hydrogens is 320 g/mol. The smallest absolute Gasteiger partial charge is 0.305 e. The van der Waals surface area contributed by atoms with E-state index in [1.807, 2.05) is 12.3 Å². The van der Waals surface area contributed by atoms with Gasteiger partial charge in [-0.1, -0.05) is 12.8 Å². The highest BCUT2D eigenvalue weighted by Crippen LogP contribution is 2.38. The number of nitrogen functional groups attached to an aromatic ring is 1. The molecule has 1 aliphatic carbocycles. The Morgan fingerprint density at radius 2 is 2.20 bits per heavy atom. The second kappa shape index (κ2) is 6.19. The second-order valence-corrected chi connectivity index (χ2v) is 6.58. The Morgan fingerprint density at radius 3 is 2.96 bits per heavy atom. The maximum Gasteiger partial charge on any atom is 0.305 e. The topological polar surface area (TPSA) is 123 Å². The first-order chi connectivity index (χ1) is 12.1. The number of rotatable bonds is 5. The van der Waals surface area contributed by atoms with Crippen molar-refractivity contribution in [2.24, 2.45) is 5.92 Å². The van der Waals surface area contributed by atoms with E-state index in [1.54, 1.807) is 10.9 Å². The average molecular weight is 340 g/mol. The predicted molar refractivity (Wildman–Crippen MR) is 92.8 cm³/mol. The monoisotopic (exact) mass is 340 g/mol. The lowest BCUT2D eigenvalue weighted by molar-refractivity contribution is -0.138. The summed E-state index contributed by atoms with van der Waals surface area (Å²) in [4.78, 5) is 22.9. The van der Waals surface area contributed by atoms with Crippen LogP contribution >= 0.6 is 0 Å². The van der Waals surface area contributed by atoms with Crippen LogP contribution in [-0.2, 0) is 4.79 Å². The third kappa shape index (κ3) is 2.84. The molecule has 1 atom stereocenters. The molecule has 0 unspecified atom stereocenters. The van der Waals surface area contributed by atoms with Crippen LogP contribution in [-0.4, -0.2) is 35.8 Å². The molecule has 0 amide bonds. The molecule has 1 fully saturated rings. The molecule has 0 saturated heterocycles. The van der Waals surface area contributed by atoms with Crippen molar-refractivity contribution < 1.29 is 9.90 Å². The molecule has 4 N–H and O–H groups in total. The SMILES string of the molecule is Nc1nn([C@H](CC(=O)O)C2CCCC2)cc1-c1ncnc2[nH]ccc12. The quantitative estimate of drug-likeness (QED) is 0.656. The van der Waals surface area contributed by atoms with E-state index in [0.29, 0.717) is 23.0 Å². The second-order valence-electron chi connectivity index (χ2n) is 6.58. The Balaban J connectivity index is 1.75. The predicted octanol–water partition coefficient (Wildman–Crippen LogP) is 2.61. The van der Waals surface area contributed by atoms with Crippen molar-refractivity contribution in [3.05, 3.63) is 24.8 Å². The van der Waals surface area contributed by atoms with E-state index in [1.165, 1.54) is 6.33 Å². The molecule has 4 rings (SSSR count). The maximum absolute atomic E-state index is 11.3. The van der Waals surface area contributed by atoms with Crippen molar-refractivity contribution in [2.45, 2.75) is 38.1 Å². The summed E-state index contributed by atoms with van der Waals surface area (Å²) in [5.74, 6) is -0.141. The number of aromatic nitrogens is 5. The summed E-state index contributed by atoms with van der Waals surface area (Å²) in [7, 11) is 0. The van der Waals surface area contributed by atoms with Gasteiger partial charge < -0.3 is 15.8 Å². The van der Waals surface area contributed by atoms with Gasteiger partial charge in [-0.25, -0.2) is 9.97 Å². The van der Waals surface area contributed by atoms with Gasteiger partial charge in [0.1, 0.15) is 12.0 Å². The van der Waals surface area contributed by atoms with E-state index in [0.717, 1.165) is 36.7 Å². The zero-order chi connectivity index (χ0) is 17.4. The van der Waals surface area contributed by atoms with Gasteiger partial charge in [0, 0.05) is 17.8 Å². The summed E-state index contributed by atoms with van der Waals surface area (Å²) in [6, 6.07) is 1.72. The van der Waals surface area contributed by atoms with E-state index in [9.17, 15) is 9.90 Å². The first-order valence-electron chi connectivity index (χ1n) is 8.48. The molecule has 130 valence electrons. The molecule has 0 aliphatic heterocycles. The number of H-pyrrole nitrogens is 1. The highest BCUT2D eigenvalue weighted by molar-refractivity contribution is 5.92. The van der Waals surface area contributed by atoms with Crippen LogP contribution < -0.4 is 5.73 Å². The van der Waals surface area contributed by atoms with Gasteiger partial charge >= 0.3 is 5.97 Å². The number of fused-ring (bicyclic) bond motifs is 1. The highest BCUT2D eigenvalue weighted by atomic mass is 16.4. The van der Waals surface area contributed by atoms with E-state index < -0.39 is 5.97 Å². The number of anilines is 1. The fraction of sp³-hybridized carbons (Fsp3) is 0.412. The largest absolute Gasteiger partial charge is 0.481 e. The highest BCUT2D eigenvalue weighted by Gasteiger charge is 2.30. The maximum atomic E-state index is 11.3. The number of aliphatic carboxylic acids is 1. The lowest BCUT2D eigenvalue weighted by Gasteiger charge is -2.22. The Bertz CT molecular complexity index is 909. The van der Waals surface area contributed by atoms with Gasteiger partial charge in [0.05, 0.1) is 23.7 Å². The third-order valence-corrected chi connectivity index (χ3v) is 5.04. The Morgan fingerprint density at radius 1 is 1.40 bits per heavy atom. The van der Waals surface area contributed by atoms with Crippen molar-refractivity contribution in [3.63, 3.8) is 0 Å². The van der Waals surface area contributed by atoms with Crippen LogP contribution in [0.2, 0.25) is 0 Å². The van der Waals surface area contributed by atoms with Gasteiger partial charge in [-0.05, 0) is 24.8 Å². The fourth-order valence-corrected chi connectivity index (χ4v) is 3.84. The number of carbonyl (C=O) groups is 1. The summed E-state index contributed by atoms with van der Waals surface area (Å²) in [5, 5.41) is 14.6. The number of nitrogens with two attached hydrogens (primary N) is 1. The minimum absolute atomic E-state index is 0.0502. The zero-order valence-corrected chi connectivity index (χ0v) is 13.7. The summed E-state index contributed by atoms with van der Waals surface area (Å²) in [6.07, 6.45) is 9.50. The van der Waals surface area contributed by atoms with Crippen LogP contribution in [0.1, 0.15) is 38.1 Å². The van der Waals surface area contributed by atoms with E-state index in [4.69, 9.17) is 5.73 Å². The number of carboxylic acids is 1. The first kappa shape index (κ1) is 15.6. The Hall–Kier alpha value is -2.90. The van der Waals surface area contributed by atoms with Gasteiger partial charge in [-0.3, -0.25) is 9.48 Å². The van der Waals surface area contributed by atoms with E-state index in [-0.39, 0.29) is 12.5 Å². The number of hydrogen-bond donors (Lipinski definition) is 3. The molecule has 3 heterocycles. The van der Waals surface area contributed by atoms with Crippen LogP contribution in [0.3, 0.4) is 0 Å². The first-order valence-corrected chi connectivity index (χ1v) is 8.48. The van der Waals surface area contributed by atoms with Gasteiger partial charge in [-0.2, -0.15) is 5.10 Å². The van der Waals surface area contributed by atoms with Crippen LogP contribution in [0, 0.1) is 5.92 Å². The molecule has 8 nitrogen and oxygen atoms in total. The summed E-state index contributed by atoms with van der Waals surface area (Å²) in [6.45, 7) is 0. The van der Waals surface area contributed by atoms with Crippen molar-refractivity contribution in [1.82, 2.24) is 24.7 Å². The average Bonchev–Trinajstić information content (AvgIpc) is 3.32. The van der Waals surface area contributed by atoms with Crippen LogP contribution in [0.25, 0.3) is 22.3 Å². The Kier molecular flexibility index (Phi) is 3.87. The van der Waals surface area contributed by atoms with Crippen molar-refractivity contribution in [2.75, 3.05) is 5.73 Å². The summed E-state index contributed by atoms with van der Waals surface area (Å²) in [5.41, 5.74) is 8.29. The molecular formula is C17H20N6O2. The number of nitrogens with one attached hydrogen (secondary N) is 1. The molecule has 8 heteroatoms. The molecule has 3 aromatic rings. The zero-order valence-electron chi connectivity index (χ0n) is 13.7. The van der Waals surface area contributed by atoms with Crippen LogP contribution in [0.5, 0.6) is 0 Å². The molecule has 25 heavy (non-hydrogen) atoms. The van der Waals surface area contributed by atoms with Gasteiger partial charge in [-0.15, -0.1) is 0 Å². The summed E-state index contributed by atoms with van der Waals surface area (Å²) >= 11 is 0. The summed E-state index contributed by atoms with van der Waals surface area (Å²) < 4.78 is 1.73. The van der Waals surface area contributed by atoms with E-state index in [2.05, 4.69) is 20.1 Å². The molecule has 1 saturated carbocycles. The number of carboxylic acid groups (broad SMARTS) is 1. The molecule has 1 aliphatic rings. The minimum Gasteiger partial charge on any atom is -0.481 e. The third-order valence-electron chi connectivity index (χ3n) is 5.04. The fourth-order valence-electron chi connectivity index (χ4n) is 3.84. The van der Waals surface area contributed by atoms with Gasteiger partial charge in [0.25, 0.3) is 0 Å². The standard InChI is InChI=1S/C17H20N6O2/c18-16-12(15-11-5-6-19-17(11)21-9-20-15)8-23(22-16)13(7-14(24)25)10-3-1-2-4-10/h5-6,8-10,13H,1-4,7H2,(H2,18,22)(H,24,25)(H,19,20,21)/t13-/m1/s1. The molecule has 0 aromatic carbocycles. The molecule has 3 aromatic heterocycles. The van der Waals surface area contributed by atoms with Gasteiger partial charge in [0.15, 0.2) is 5.82 Å². The van der Waals surface area contributed by atoms with Crippen LogP contribution in [0.15, 0.2) is 24.8 Å². The normalized spacial score (nSPS) is 16.5. The van der Waals surface area contributed by atoms with Gasteiger partial charge in [0.2, 0.25) is 0 Å². The molecule has 0 bridgehead atoms. The molecule has 0 spiro atoms. The number of hydrogen-bond acceptors (Lipinski definition) is 5. The molecule has 0 radical (unpaired) electrons. The van der Waals surface area contributed by atoms with E-state index >= 15 is 0 Å². The number of aromatic amines is 1. The number of nitrogens with zero attached hydrogens (tertiary/aromatic N) is 4. The van der Waals surface area contributed by atoms with Crippen molar-refractivity contribution >= 4 is 22.8 Å². The lowest BCUT2D eigenvalue weighted by Crippen LogP contribution is -2.21. The Labute approximate surface area is 144 Å². The van der Waals surface area contributed by atoms with Crippen molar-refractivity contribution in [1.29, 1.82) is 0 Å². The van der Waals surface area contributed by atoms with Crippen LogP contribution in [0.4, 0.5) is 5.82 Å². The minimum atomic E-state index is -0.817.